The van der Waals surface area contributed by atoms with Crippen LogP contribution in [0.1, 0.15) is 26.3 Å². The van der Waals surface area contributed by atoms with Crippen molar-refractivity contribution in [1.82, 2.24) is 4.72 Å². The van der Waals surface area contributed by atoms with Crippen molar-refractivity contribution in [3.63, 3.8) is 0 Å². The minimum Gasteiger partial charge on any atom is -0.493 e. The lowest BCUT2D eigenvalue weighted by atomic mass is 10.1. The van der Waals surface area contributed by atoms with Crippen molar-refractivity contribution >= 4 is 21.8 Å². The van der Waals surface area contributed by atoms with E-state index < -0.39 is 28.4 Å². The number of nitrogens with one attached hydrogen (secondary N) is 1. The fraction of sp³-hybridized carbons (Fsp3) is 0.200. The van der Waals surface area contributed by atoms with Gasteiger partial charge < -0.3 is 18.9 Å². The van der Waals surface area contributed by atoms with E-state index in [4.69, 9.17) is 18.9 Å². The summed E-state index contributed by atoms with van der Waals surface area (Å²) in [5, 5.41) is 0. The van der Waals surface area contributed by atoms with Crippen LogP contribution in [0.5, 0.6) is 17.2 Å². The van der Waals surface area contributed by atoms with Crippen LogP contribution < -0.4 is 18.9 Å². The molecule has 10 heteroatoms. The number of methoxy groups -OCH3 is 3. The SMILES string of the molecule is COc1cc(C(=O)COC(=O)c2cccc(S(=O)(=O)NCc3ccccc3)c2)cc(OC)c1OC. The first-order valence-corrected chi connectivity index (χ1v) is 11.9. The zero-order valence-electron chi connectivity index (χ0n) is 19.4. The summed E-state index contributed by atoms with van der Waals surface area (Å²) in [6.07, 6.45) is 0. The molecule has 0 aliphatic heterocycles. The van der Waals surface area contributed by atoms with Crippen molar-refractivity contribution in [2.75, 3.05) is 27.9 Å². The van der Waals surface area contributed by atoms with E-state index in [1.807, 2.05) is 6.07 Å². The van der Waals surface area contributed by atoms with Gasteiger partial charge in [0.1, 0.15) is 0 Å². The van der Waals surface area contributed by atoms with Crippen LogP contribution in [0, 0.1) is 0 Å². The van der Waals surface area contributed by atoms with Crippen molar-refractivity contribution < 1.29 is 37.0 Å². The summed E-state index contributed by atoms with van der Waals surface area (Å²) in [7, 11) is 0.400. The predicted octanol–water partition coefficient (Wildman–Crippen LogP) is 3.23. The number of rotatable bonds is 11. The molecule has 0 saturated carbocycles. The molecular formula is C25H25NO8S. The molecule has 0 unspecified atom stereocenters. The van der Waals surface area contributed by atoms with E-state index in [9.17, 15) is 18.0 Å². The van der Waals surface area contributed by atoms with Crippen molar-refractivity contribution in [3.05, 3.63) is 83.4 Å². The molecule has 184 valence electrons. The Morgan fingerprint density at radius 2 is 1.46 bits per heavy atom. The molecule has 0 amide bonds. The van der Waals surface area contributed by atoms with Crippen LogP contribution in [0.4, 0.5) is 0 Å². The standard InChI is InChI=1S/C25H25NO8S/c1-31-22-13-19(14-23(32-2)24(22)33-3)21(27)16-34-25(28)18-10-7-11-20(12-18)35(29,30)26-15-17-8-5-4-6-9-17/h4-14,26H,15-16H2,1-3H3. The van der Waals surface area contributed by atoms with E-state index in [1.54, 1.807) is 24.3 Å². The molecule has 0 bridgehead atoms. The fourth-order valence-corrected chi connectivity index (χ4v) is 4.25. The minimum absolute atomic E-state index is 0.00900. The summed E-state index contributed by atoms with van der Waals surface area (Å²) in [4.78, 5) is 25.1. The van der Waals surface area contributed by atoms with Gasteiger partial charge in [-0.3, -0.25) is 4.79 Å². The molecule has 35 heavy (non-hydrogen) atoms. The van der Waals surface area contributed by atoms with Gasteiger partial charge in [-0.05, 0) is 35.9 Å². The lowest BCUT2D eigenvalue weighted by molar-refractivity contribution is 0.0474. The number of benzene rings is 3. The number of Topliss-reactive ketones (excluding diaryl/α,β-unsaturated/α-hetero) is 1. The molecule has 0 fully saturated rings. The minimum atomic E-state index is -3.88. The summed E-state index contributed by atoms with van der Waals surface area (Å²) in [6, 6.07) is 17.3. The Morgan fingerprint density at radius 1 is 0.800 bits per heavy atom. The molecule has 3 rings (SSSR count). The normalized spacial score (nSPS) is 10.9. The third kappa shape index (κ3) is 6.37. The highest BCUT2D eigenvalue weighted by Crippen LogP contribution is 2.38. The molecule has 0 radical (unpaired) electrons. The van der Waals surface area contributed by atoms with E-state index in [0.717, 1.165) is 5.56 Å². The molecule has 0 atom stereocenters. The zero-order valence-corrected chi connectivity index (χ0v) is 20.3. The average molecular weight is 500 g/mol. The molecule has 0 aliphatic carbocycles. The lowest BCUT2D eigenvalue weighted by Gasteiger charge is -2.13. The topological polar surface area (TPSA) is 117 Å². The summed E-state index contributed by atoms with van der Waals surface area (Å²) in [6.45, 7) is -0.470. The molecule has 0 spiro atoms. The average Bonchev–Trinajstić information content (AvgIpc) is 2.90. The van der Waals surface area contributed by atoms with Gasteiger partial charge in [-0.15, -0.1) is 0 Å². The van der Waals surface area contributed by atoms with Gasteiger partial charge in [0.2, 0.25) is 21.6 Å². The lowest BCUT2D eigenvalue weighted by Crippen LogP contribution is -2.23. The van der Waals surface area contributed by atoms with Crippen molar-refractivity contribution in [1.29, 1.82) is 0 Å². The molecule has 9 nitrogen and oxygen atoms in total. The monoisotopic (exact) mass is 499 g/mol. The second-order valence-corrected chi connectivity index (χ2v) is 9.02. The van der Waals surface area contributed by atoms with Crippen LogP contribution in [0.3, 0.4) is 0 Å². The summed E-state index contributed by atoms with van der Waals surface area (Å²) >= 11 is 0. The van der Waals surface area contributed by atoms with Gasteiger partial charge in [0.15, 0.2) is 18.1 Å². The Labute approximate surface area is 203 Å². The van der Waals surface area contributed by atoms with Crippen LogP contribution >= 0.6 is 0 Å². The maximum atomic E-state index is 12.7. The van der Waals surface area contributed by atoms with Crippen molar-refractivity contribution in [2.24, 2.45) is 0 Å². The van der Waals surface area contributed by atoms with Crippen molar-refractivity contribution in [2.45, 2.75) is 11.4 Å². The quantitative estimate of drug-likeness (QED) is 0.316. The zero-order chi connectivity index (χ0) is 25.4. The highest BCUT2D eigenvalue weighted by molar-refractivity contribution is 7.89. The molecule has 1 N–H and O–H groups in total. The maximum Gasteiger partial charge on any atom is 0.338 e. The number of carbonyl (C=O) groups is 2. The van der Waals surface area contributed by atoms with Crippen molar-refractivity contribution in [3.8, 4) is 17.2 Å². The Morgan fingerprint density at radius 3 is 2.06 bits per heavy atom. The Balaban J connectivity index is 1.69. The predicted molar refractivity (Wildman–Crippen MR) is 128 cm³/mol. The van der Waals surface area contributed by atoms with Gasteiger partial charge in [0.05, 0.1) is 31.8 Å². The highest BCUT2D eigenvalue weighted by atomic mass is 32.2. The van der Waals surface area contributed by atoms with E-state index in [2.05, 4.69) is 4.72 Å². The maximum absolute atomic E-state index is 12.7. The van der Waals surface area contributed by atoms with Gasteiger partial charge in [0.25, 0.3) is 0 Å². The first-order valence-electron chi connectivity index (χ1n) is 10.4. The van der Waals surface area contributed by atoms with Crippen LogP contribution in [-0.2, 0) is 21.3 Å². The van der Waals surface area contributed by atoms with Crippen LogP contribution in [0.2, 0.25) is 0 Å². The number of esters is 1. The van der Waals surface area contributed by atoms with Crippen LogP contribution in [0.15, 0.2) is 71.6 Å². The van der Waals surface area contributed by atoms with Gasteiger partial charge >= 0.3 is 5.97 Å². The largest absolute Gasteiger partial charge is 0.493 e. The van der Waals surface area contributed by atoms with Gasteiger partial charge in [-0.25, -0.2) is 17.9 Å². The fourth-order valence-electron chi connectivity index (χ4n) is 3.19. The summed E-state index contributed by atoms with van der Waals surface area (Å²) in [5.74, 6) is -0.468. The van der Waals surface area contributed by atoms with E-state index in [0.29, 0.717) is 5.75 Å². The smallest absolute Gasteiger partial charge is 0.338 e. The Kier molecular flexibility index (Phi) is 8.45. The number of hydrogen-bond acceptors (Lipinski definition) is 8. The number of ketones is 1. The number of hydrogen-bond donors (Lipinski definition) is 1. The molecule has 3 aromatic carbocycles. The second kappa shape index (κ2) is 11.5. The number of ether oxygens (including phenoxy) is 4. The molecule has 0 aliphatic rings. The number of sulfonamides is 1. The molecular weight excluding hydrogens is 474 g/mol. The van der Waals surface area contributed by atoms with Gasteiger partial charge in [0, 0.05) is 12.1 Å². The second-order valence-electron chi connectivity index (χ2n) is 7.25. The van der Waals surface area contributed by atoms with Crippen LogP contribution in [-0.4, -0.2) is 48.1 Å². The van der Waals surface area contributed by atoms with Crippen LogP contribution in [0.25, 0.3) is 0 Å². The number of carbonyl (C=O) groups excluding carboxylic acids is 2. The summed E-state index contributed by atoms with van der Waals surface area (Å²) < 4.78 is 48.6. The van der Waals surface area contributed by atoms with E-state index in [1.165, 1.54) is 57.7 Å². The molecule has 0 saturated heterocycles. The summed E-state index contributed by atoms with van der Waals surface area (Å²) in [5.41, 5.74) is 0.968. The van der Waals surface area contributed by atoms with Gasteiger partial charge in [-0.1, -0.05) is 36.4 Å². The highest BCUT2D eigenvalue weighted by Gasteiger charge is 2.20. The Bertz CT molecular complexity index is 1280. The first kappa shape index (κ1) is 25.7. The molecule has 0 heterocycles. The Hall–Kier alpha value is -3.89. The van der Waals surface area contributed by atoms with E-state index >= 15 is 0 Å². The molecule has 3 aromatic rings. The van der Waals surface area contributed by atoms with E-state index in [-0.39, 0.29) is 34.1 Å². The van der Waals surface area contributed by atoms with Gasteiger partial charge in [-0.2, -0.15) is 0 Å². The third-order valence-electron chi connectivity index (χ3n) is 5.01. The first-order chi connectivity index (χ1) is 16.8. The third-order valence-corrected chi connectivity index (χ3v) is 6.41. The molecule has 0 aromatic heterocycles.